The molecule has 0 aliphatic carbocycles. The van der Waals surface area contributed by atoms with Crippen molar-refractivity contribution in [3.05, 3.63) is 109 Å². The highest BCUT2D eigenvalue weighted by atomic mass is 32.1. The van der Waals surface area contributed by atoms with Gasteiger partial charge >= 0.3 is 0 Å². The number of nitrogens with zero attached hydrogens (tertiary/aromatic N) is 4. The third-order valence-electron chi connectivity index (χ3n) is 6.15. The molecule has 4 aromatic heterocycles. The van der Waals surface area contributed by atoms with Crippen molar-refractivity contribution in [2.45, 2.75) is 0 Å². The number of pyridine rings is 2. The van der Waals surface area contributed by atoms with Crippen LogP contribution in [0.3, 0.4) is 0 Å². The number of benzene rings is 3. The molecule has 170 valence electrons. The van der Waals surface area contributed by atoms with Gasteiger partial charge in [0.25, 0.3) is 0 Å². The highest BCUT2D eigenvalue weighted by Gasteiger charge is 2.10. The Morgan fingerprint density at radius 3 is 1.61 bits per heavy atom. The molecule has 0 atom stereocenters. The minimum absolute atomic E-state index is 0.553. The van der Waals surface area contributed by atoms with E-state index < -0.39 is 0 Å². The maximum Gasteiger partial charge on any atom is 0.247 e. The number of oxazole rings is 1. The molecule has 0 fully saturated rings. The average molecular weight is 483 g/mol. The number of hydrogen-bond acceptors (Lipinski definition) is 6. The van der Waals surface area contributed by atoms with E-state index in [4.69, 9.17) is 9.40 Å². The molecule has 36 heavy (non-hydrogen) atoms. The average Bonchev–Trinajstić information content (AvgIpc) is 3.58. The van der Waals surface area contributed by atoms with E-state index in [9.17, 15) is 0 Å². The number of aromatic nitrogens is 4. The molecular formula is C30H18N4OS. The van der Waals surface area contributed by atoms with Gasteiger partial charge in [0, 0.05) is 23.5 Å². The summed E-state index contributed by atoms with van der Waals surface area (Å²) < 4.78 is 5.79. The van der Waals surface area contributed by atoms with Gasteiger partial charge in [-0.2, -0.15) is 0 Å². The van der Waals surface area contributed by atoms with Gasteiger partial charge in [-0.15, -0.1) is 0 Å². The molecule has 0 aliphatic heterocycles. The Kier molecular flexibility index (Phi) is 4.89. The molecule has 0 unspecified atom stereocenters. The van der Waals surface area contributed by atoms with E-state index in [0.717, 1.165) is 43.1 Å². The summed E-state index contributed by atoms with van der Waals surface area (Å²) in [5.74, 6) is 0.580. The molecule has 7 aromatic rings. The SMILES string of the molecule is c1cnc2oc(-c3ccc(-c4ccc(-c5ccc(-c6nc7cccnc7s6)cc5)cc4)cc3)nc2c1. The summed E-state index contributed by atoms with van der Waals surface area (Å²) >= 11 is 1.62. The summed E-state index contributed by atoms with van der Waals surface area (Å²) in [5.41, 5.74) is 8.93. The monoisotopic (exact) mass is 482 g/mol. The smallest absolute Gasteiger partial charge is 0.247 e. The summed E-state index contributed by atoms with van der Waals surface area (Å²) in [5, 5.41) is 0.989. The Bertz CT molecular complexity index is 1620. The minimum Gasteiger partial charge on any atom is -0.418 e. The van der Waals surface area contributed by atoms with Gasteiger partial charge in [-0.05, 0) is 58.7 Å². The fraction of sp³-hybridized carbons (Fsp3) is 0. The Hall–Kier alpha value is -4.68. The van der Waals surface area contributed by atoms with Crippen LogP contribution in [-0.4, -0.2) is 19.9 Å². The van der Waals surface area contributed by atoms with Crippen LogP contribution in [0.2, 0.25) is 0 Å². The van der Waals surface area contributed by atoms with Crippen LogP contribution in [0.5, 0.6) is 0 Å². The van der Waals surface area contributed by atoms with Crippen molar-refractivity contribution in [2.24, 2.45) is 0 Å². The van der Waals surface area contributed by atoms with Crippen LogP contribution in [0.25, 0.3) is 65.9 Å². The maximum absolute atomic E-state index is 5.79. The lowest BCUT2D eigenvalue weighted by Gasteiger charge is -2.06. The molecule has 5 nitrogen and oxygen atoms in total. The van der Waals surface area contributed by atoms with Gasteiger partial charge in [0.2, 0.25) is 11.6 Å². The number of thiazole rings is 1. The molecule has 0 saturated carbocycles. The molecule has 0 bridgehead atoms. The molecule has 0 aliphatic rings. The minimum atomic E-state index is 0.553. The van der Waals surface area contributed by atoms with Crippen LogP contribution in [0.1, 0.15) is 0 Å². The van der Waals surface area contributed by atoms with Gasteiger partial charge < -0.3 is 4.42 Å². The lowest BCUT2D eigenvalue weighted by atomic mass is 9.99. The molecule has 7 rings (SSSR count). The normalized spacial score (nSPS) is 11.3. The maximum atomic E-state index is 5.79. The van der Waals surface area contributed by atoms with Crippen molar-refractivity contribution in [3.63, 3.8) is 0 Å². The fourth-order valence-electron chi connectivity index (χ4n) is 4.25. The van der Waals surface area contributed by atoms with Gasteiger partial charge in [0.15, 0.2) is 0 Å². The molecule has 0 radical (unpaired) electrons. The second kappa shape index (κ2) is 8.52. The first-order valence-electron chi connectivity index (χ1n) is 11.5. The molecule has 6 heteroatoms. The second-order valence-corrected chi connectivity index (χ2v) is 9.40. The predicted molar refractivity (Wildman–Crippen MR) is 145 cm³/mol. The van der Waals surface area contributed by atoms with E-state index >= 15 is 0 Å². The van der Waals surface area contributed by atoms with Crippen LogP contribution in [-0.2, 0) is 0 Å². The summed E-state index contributed by atoms with van der Waals surface area (Å²) in [6.45, 7) is 0. The Labute approximate surface area is 210 Å². The second-order valence-electron chi connectivity index (χ2n) is 8.43. The summed E-state index contributed by atoms with van der Waals surface area (Å²) in [6, 6.07) is 33.1. The van der Waals surface area contributed by atoms with Gasteiger partial charge in [0.1, 0.15) is 20.9 Å². The van der Waals surface area contributed by atoms with E-state index in [1.54, 1.807) is 23.7 Å². The lowest BCUT2D eigenvalue weighted by Crippen LogP contribution is -1.83. The molecule has 4 heterocycles. The van der Waals surface area contributed by atoms with Crippen LogP contribution in [0.4, 0.5) is 0 Å². The van der Waals surface area contributed by atoms with Crippen molar-refractivity contribution in [1.29, 1.82) is 0 Å². The van der Waals surface area contributed by atoms with Crippen LogP contribution >= 0.6 is 11.3 Å². The van der Waals surface area contributed by atoms with Crippen molar-refractivity contribution in [1.82, 2.24) is 19.9 Å². The van der Waals surface area contributed by atoms with E-state index in [1.807, 2.05) is 36.4 Å². The van der Waals surface area contributed by atoms with Crippen LogP contribution in [0, 0.1) is 0 Å². The zero-order chi connectivity index (χ0) is 23.9. The first kappa shape index (κ1) is 20.7. The summed E-state index contributed by atoms with van der Waals surface area (Å²) in [4.78, 5) is 18.8. The Balaban J connectivity index is 1.11. The summed E-state index contributed by atoms with van der Waals surface area (Å²) in [7, 11) is 0. The van der Waals surface area contributed by atoms with Gasteiger partial charge in [-0.3, -0.25) is 0 Å². The first-order chi connectivity index (χ1) is 17.8. The van der Waals surface area contributed by atoms with E-state index in [1.165, 1.54) is 11.1 Å². The number of fused-ring (bicyclic) bond motifs is 2. The van der Waals surface area contributed by atoms with E-state index in [2.05, 4.69) is 75.6 Å². The Morgan fingerprint density at radius 1 is 0.500 bits per heavy atom. The highest BCUT2D eigenvalue weighted by Crippen LogP contribution is 2.32. The van der Waals surface area contributed by atoms with Crippen molar-refractivity contribution in [2.75, 3.05) is 0 Å². The molecule has 0 N–H and O–H groups in total. The first-order valence-corrected chi connectivity index (χ1v) is 12.4. The van der Waals surface area contributed by atoms with Crippen molar-refractivity contribution in [3.8, 4) is 44.3 Å². The van der Waals surface area contributed by atoms with Crippen molar-refractivity contribution >= 4 is 32.9 Å². The van der Waals surface area contributed by atoms with Crippen LogP contribution < -0.4 is 0 Å². The molecule has 0 saturated heterocycles. The van der Waals surface area contributed by atoms with Gasteiger partial charge in [-0.1, -0.05) is 72.0 Å². The van der Waals surface area contributed by atoms with Gasteiger partial charge in [0.05, 0.1) is 0 Å². The topological polar surface area (TPSA) is 64.7 Å². The quantitative estimate of drug-likeness (QED) is 0.255. The third kappa shape index (κ3) is 3.74. The zero-order valence-electron chi connectivity index (χ0n) is 19.0. The van der Waals surface area contributed by atoms with E-state index in [0.29, 0.717) is 11.6 Å². The molecule has 3 aromatic carbocycles. The third-order valence-corrected chi connectivity index (χ3v) is 7.18. The predicted octanol–water partition coefficient (Wildman–Crippen LogP) is 7.90. The summed E-state index contributed by atoms with van der Waals surface area (Å²) in [6.07, 6.45) is 3.51. The Morgan fingerprint density at radius 2 is 1.03 bits per heavy atom. The molecule has 0 amide bonds. The lowest BCUT2D eigenvalue weighted by molar-refractivity contribution is 0.608. The highest BCUT2D eigenvalue weighted by molar-refractivity contribution is 7.21. The zero-order valence-corrected chi connectivity index (χ0v) is 19.8. The number of rotatable bonds is 4. The standard InChI is InChI=1S/C30H18N4OS/c1-3-25-28(31-17-1)35-27(33-25)23-13-9-21(10-14-23)19-5-7-20(8-6-19)22-11-15-24(16-12-22)29-34-26-4-2-18-32-30(26)36-29/h1-18H. The molecular weight excluding hydrogens is 464 g/mol. The van der Waals surface area contributed by atoms with E-state index in [-0.39, 0.29) is 0 Å². The molecule has 0 spiro atoms. The van der Waals surface area contributed by atoms with Crippen molar-refractivity contribution < 1.29 is 4.42 Å². The van der Waals surface area contributed by atoms with Gasteiger partial charge in [-0.25, -0.2) is 19.9 Å². The number of hydrogen-bond donors (Lipinski definition) is 0. The fourth-order valence-corrected chi connectivity index (χ4v) is 5.17. The largest absolute Gasteiger partial charge is 0.418 e. The van der Waals surface area contributed by atoms with Crippen LogP contribution in [0.15, 0.2) is 114 Å².